The molecule has 1 atom stereocenters. The molecule has 0 saturated carbocycles. The van der Waals surface area contributed by atoms with E-state index in [0.29, 0.717) is 23.6 Å². The summed E-state index contributed by atoms with van der Waals surface area (Å²) in [6.07, 6.45) is 2.91. The number of benzene rings is 2. The zero-order valence-electron chi connectivity index (χ0n) is 20.0. The molecule has 2 aromatic carbocycles. The summed E-state index contributed by atoms with van der Waals surface area (Å²) in [5.74, 6) is -0.739. The first-order chi connectivity index (χ1) is 16.2. The molecule has 1 fully saturated rings. The Morgan fingerprint density at radius 2 is 1.74 bits per heavy atom. The van der Waals surface area contributed by atoms with E-state index in [4.69, 9.17) is 4.74 Å². The first-order valence-electron chi connectivity index (χ1n) is 11.5. The first-order valence-corrected chi connectivity index (χ1v) is 12.9. The number of rotatable bonds is 8. The highest BCUT2D eigenvalue weighted by molar-refractivity contribution is 7.89. The summed E-state index contributed by atoms with van der Waals surface area (Å²) in [6.45, 7) is 4.58. The normalized spacial score (nSPS) is 16.6. The standard InChI is InChI=1S/C25H33N3O5S/c1-18-7-8-19(2)23(16-18)34(31,32)28-15-5-4-6-21(28)13-14-26-24(29)25(30)27-17-20-9-11-22(33-3)12-10-20/h7-12,16,21H,4-6,13-15,17H2,1-3H3,(H,26,29)(H,27,30)/t21-/m0/s1. The number of aryl methyl sites for hydroxylation is 2. The van der Waals surface area contributed by atoms with E-state index in [9.17, 15) is 18.0 Å². The van der Waals surface area contributed by atoms with Gasteiger partial charge in [-0.2, -0.15) is 4.31 Å². The summed E-state index contributed by atoms with van der Waals surface area (Å²) in [6, 6.07) is 12.4. The number of amides is 2. The molecule has 8 nitrogen and oxygen atoms in total. The molecule has 1 saturated heterocycles. The maximum atomic E-state index is 13.4. The molecule has 0 aliphatic carbocycles. The SMILES string of the molecule is COc1ccc(CNC(=O)C(=O)NCC[C@@H]2CCCCN2S(=O)(=O)c2cc(C)ccc2C)cc1. The number of hydrogen-bond donors (Lipinski definition) is 2. The highest BCUT2D eigenvalue weighted by Crippen LogP contribution is 2.29. The molecule has 1 aliphatic rings. The van der Waals surface area contributed by atoms with Crippen molar-refractivity contribution in [2.24, 2.45) is 0 Å². The molecule has 1 heterocycles. The molecule has 0 unspecified atom stereocenters. The van der Waals surface area contributed by atoms with Crippen LogP contribution in [0.5, 0.6) is 5.75 Å². The minimum absolute atomic E-state index is 0.221. The highest BCUT2D eigenvalue weighted by atomic mass is 32.2. The van der Waals surface area contributed by atoms with Crippen LogP contribution in [0.4, 0.5) is 0 Å². The average molecular weight is 488 g/mol. The van der Waals surface area contributed by atoms with Crippen molar-refractivity contribution in [1.29, 1.82) is 0 Å². The van der Waals surface area contributed by atoms with Crippen LogP contribution in [0.2, 0.25) is 0 Å². The third kappa shape index (κ3) is 6.36. The molecular formula is C25H33N3O5S. The molecule has 3 rings (SSSR count). The van der Waals surface area contributed by atoms with Crippen LogP contribution in [0.25, 0.3) is 0 Å². The van der Waals surface area contributed by atoms with E-state index >= 15 is 0 Å². The lowest BCUT2D eigenvalue weighted by Crippen LogP contribution is -2.46. The number of sulfonamides is 1. The van der Waals surface area contributed by atoms with Gasteiger partial charge in [0.25, 0.3) is 0 Å². The van der Waals surface area contributed by atoms with Gasteiger partial charge in [-0.3, -0.25) is 9.59 Å². The van der Waals surface area contributed by atoms with Gasteiger partial charge in [-0.25, -0.2) is 8.42 Å². The molecule has 0 radical (unpaired) electrons. The number of piperidine rings is 1. The van der Waals surface area contributed by atoms with Gasteiger partial charge in [0.05, 0.1) is 12.0 Å². The number of nitrogens with zero attached hydrogens (tertiary/aromatic N) is 1. The maximum absolute atomic E-state index is 13.4. The molecule has 2 amide bonds. The fourth-order valence-corrected chi connectivity index (χ4v) is 6.16. The number of carbonyl (C=O) groups excluding carboxylic acids is 2. The summed E-state index contributed by atoms with van der Waals surface area (Å²) in [4.78, 5) is 24.7. The predicted molar refractivity (Wildman–Crippen MR) is 130 cm³/mol. The van der Waals surface area contributed by atoms with Gasteiger partial charge in [-0.15, -0.1) is 0 Å². The Bertz CT molecular complexity index is 1120. The lowest BCUT2D eigenvalue weighted by molar-refractivity contribution is -0.139. The number of carbonyl (C=O) groups is 2. The van der Waals surface area contributed by atoms with Crippen LogP contribution < -0.4 is 15.4 Å². The number of nitrogens with one attached hydrogen (secondary N) is 2. The molecule has 1 aliphatic heterocycles. The van der Waals surface area contributed by atoms with Gasteiger partial charge < -0.3 is 15.4 Å². The number of methoxy groups -OCH3 is 1. The van der Waals surface area contributed by atoms with Crippen molar-refractivity contribution in [3.05, 3.63) is 59.2 Å². The zero-order valence-corrected chi connectivity index (χ0v) is 20.8. The lowest BCUT2D eigenvalue weighted by atomic mass is 10.0. The topological polar surface area (TPSA) is 105 Å². The van der Waals surface area contributed by atoms with E-state index in [-0.39, 0.29) is 19.1 Å². The van der Waals surface area contributed by atoms with Crippen molar-refractivity contribution in [2.45, 2.75) is 57.0 Å². The maximum Gasteiger partial charge on any atom is 0.309 e. The number of ether oxygens (including phenoxy) is 1. The van der Waals surface area contributed by atoms with E-state index in [0.717, 1.165) is 36.0 Å². The molecule has 2 aromatic rings. The Morgan fingerprint density at radius 3 is 2.44 bits per heavy atom. The van der Waals surface area contributed by atoms with Gasteiger partial charge in [-0.1, -0.05) is 30.7 Å². The highest BCUT2D eigenvalue weighted by Gasteiger charge is 2.34. The van der Waals surface area contributed by atoms with Crippen molar-refractivity contribution in [3.8, 4) is 5.75 Å². The third-order valence-electron chi connectivity index (χ3n) is 6.08. The largest absolute Gasteiger partial charge is 0.497 e. The van der Waals surface area contributed by atoms with E-state index in [2.05, 4.69) is 10.6 Å². The lowest BCUT2D eigenvalue weighted by Gasteiger charge is -2.35. The Kier molecular flexibility index (Phi) is 8.68. The second-order valence-electron chi connectivity index (χ2n) is 8.61. The van der Waals surface area contributed by atoms with E-state index < -0.39 is 21.8 Å². The fraction of sp³-hybridized carbons (Fsp3) is 0.440. The van der Waals surface area contributed by atoms with Crippen LogP contribution in [0.1, 0.15) is 42.4 Å². The summed E-state index contributed by atoms with van der Waals surface area (Å²) in [7, 11) is -2.07. The van der Waals surface area contributed by atoms with Gasteiger partial charge in [-0.05, 0) is 68.0 Å². The molecule has 0 aromatic heterocycles. The molecule has 9 heteroatoms. The van der Waals surface area contributed by atoms with Crippen LogP contribution in [-0.4, -0.2) is 50.8 Å². The van der Waals surface area contributed by atoms with Gasteiger partial charge in [0, 0.05) is 25.7 Å². The molecule has 34 heavy (non-hydrogen) atoms. The van der Waals surface area contributed by atoms with Crippen LogP contribution in [0.3, 0.4) is 0 Å². The molecule has 0 spiro atoms. The fourth-order valence-electron chi connectivity index (χ4n) is 4.13. The van der Waals surface area contributed by atoms with Crippen LogP contribution >= 0.6 is 0 Å². The average Bonchev–Trinajstić information content (AvgIpc) is 2.84. The predicted octanol–water partition coefficient (Wildman–Crippen LogP) is 2.68. The van der Waals surface area contributed by atoms with E-state index in [1.165, 1.54) is 0 Å². The monoisotopic (exact) mass is 487 g/mol. The smallest absolute Gasteiger partial charge is 0.309 e. The minimum Gasteiger partial charge on any atom is -0.497 e. The van der Waals surface area contributed by atoms with Gasteiger partial charge >= 0.3 is 11.8 Å². The van der Waals surface area contributed by atoms with Crippen LogP contribution in [-0.2, 0) is 26.2 Å². The van der Waals surface area contributed by atoms with Crippen molar-refractivity contribution in [2.75, 3.05) is 20.2 Å². The summed E-state index contributed by atoms with van der Waals surface area (Å²) < 4.78 is 33.5. The molecular weight excluding hydrogens is 454 g/mol. The van der Waals surface area contributed by atoms with Crippen LogP contribution in [0.15, 0.2) is 47.4 Å². The zero-order chi connectivity index (χ0) is 24.7. The molecule has 0 bridgehead atoms. The first kappa shape index (κ1) is 25.7. The van der Waals surface area contributed by atoms with Crippen LogP contribution in [0, 0.1) is 13.8 Å². The second kappa shape index (κ2) is 11.5. The Hall–Kier alpha value is -2.91. The Morgan fingerprint density at radius 1 is 1.03 bits per heavy atom. The Balaban J connectivity index is 1.54. The van der Waals surface area contributed by atoms with Gasteiger partial charge in [0.15, 0.2) is 0 Å². The van der Waals surface area contributed by atoms with Gasteiger partial charge in [0.2, 0.25) is 10.0 Å². The summed E-state index contributed by atoms with van der Waals surface area (Å²) >= 11 is 0. The number of hydrogen-bond acceptors (Lipinski definition) is 5. The second-order valence-corrected chi connectivity index (χ2v) is 10.5. The summed E-state index contributed by atoms with van der Waals surface area (Å²) in [5.41, 5.74) is 2.46. The van der Waals surface area contributed by atoms with Crippen molar-refractivity contribution >= 4 is 21.8 Å². The van der Waals surface area contributed by atoms with Crippen molar-refractivity contribution in [3.63, 3.8) is 0 Å². The minimum atomic E-state index is -3.64. The molecule has 184 valence electrons. The Labute approximate surface area is 201 Å². The van der Waals surface area contributed by atoms with E-state index in [1.54, 1.807) is 36.5 Å². The van der Waals surface area contributed by atoms with Crippen molar-refractivity contribution in [1.82, 2.24) is 14.9 Å². The quantitative estimate of drug-likeness (QED) is 0.557. The molecule has 2 N–H and O–H groups in total. The summed E-state index contributed by atoms with van der Waals surface area (Å²) in [5, 5.41) is 5.22. The van der Waals surface area contributed by atoms with Crippen molar-refractivity contribution < 1.29 is 22.7 Å². The van der Waals surface area contributed by atoms with E-state index in [1.807, 2.05) is 31.2 Å². The van der Waals surface area contributed by atoms with Gasteiger partial charge in [0.1, 0.15) is 5.75 Å². The third-order valence-corrected chi connectivity index (χ3v) is 8.18.